The number of hydrogen-bond donors (Lipinski definition) is 1. The number of nitrogens with zero attached hydrogens (tertiary/aromatic N) is 3. The minimum atomic E-state index is -1.64. The average Bonchev–Trinajstić information content (AvgIpc) is 2.90. The summed E-state index contributed by atoms with van der Waals surface area (Å²) in [7, 11) is 1.62. The van der Waals surface area contributed by atoms with Crippen molar-refractivity contribution in [1.82, 2.24) is 4.57 Å². The van der Waals surface area contributed by atoms with E-state index in [4.69, 9.17) is 10.5 Å². The molecule has 1 aromatic carbocycles. The Morgan fingerprint density at radius 3 is 2.75 bits per heavy atom. The van der Waals surface area contributed by atoms with Gasteiger partial charge in [-0.25, -0.2) is 0 Å². The molecule has 2 N–H and O–H groups in total. The number of fused-ring (bicyclic) bond motifs is 4. The van der Waals surface area contributed by atoms with Crippen molar-refractivity contribution in [3.05, 3.63) is 81.6 Å². The molecule has 140 valence electrons. The summed E-state index contributed by atoms with van der Waals surface area (Å²) in [6.45, 7) is 5.71. The summed E-state index contributed by atoms with van der Waals surface area (Å²) in [5.74, 6) is -0.398. The van der Waals surface area contributed by atoms with Gasteiger partial charge in [-0.2, -0.15) is 5.26 Å². The summed E-state index contributed by atoms with van der Waals surface area (Å²) in [4.78, 5) is 28.6. The van der Waals surface area contributed by atoms with Crippen LogP contribution in [0.25, 0.3) is 0 Å². The monoisotopic (exact) mass is 374 g/mol. The van der Waals surface area contributed by atoms with Gasteiger partial charge < -0.3 is 19.9 Å². The van der Waals surface area contributed by atoms with Crippen LogP contribution in [0.1, 0.15) is 16.8 Å². The molecule has 7 nitrogen and oxygen atoms in total. The SMILES string of the molecule is C=CCN1C(=O)[C@@]2(C(C#N)=C(N)Oc3cc(C)n(C)c(=O)c32)c2ccccc21. The van der Waals surface area contributed by atoms with E-state index >= 15 is 0 Å². The number of nitriles is 1. The number of aromatic nitrogens is 1. The van der Waals surface area contributed by atoms with Gasteiger partial charge in [0, 0.05) is 36.6 Å². The van der Waals surface area contributed by atoms with E-state index in [9.17, 15) is 14.9 Å². The van der Waals surface area contributed by atoms with Crippen LogP contribution in [0.5, 0.6) is 5.75 Å². The molecule has 0 saturated heterocycles. The van der Waals surface area contributed by atoms with Crippen molar-refractivity contribution in [1.29, 1.82) is 5.26 Å². The van der Waals surface area contributed by atoms with Crippen molar-refractivity contribution in [2.45, 2.75) is 12.3 Å². The van der Waals surface area contributed by atoms with Crippen molar-refractivity contribution in [3.8, 4) is 11.8 Å². The molecule has 0 saturated carbocycles. The van der Waals surface area contributed by atoms with Crippen molar-refractivity contribution in [3.63, 3.8) is 0 Å². The zero-order chi connectivity index (χ0) is 20.2. The van der Waals surface area contributed by atoms with Gasteiger partial charge in [0.05, 0.1) is 5.56 Å². The first kappa shape index (κ1) is 17.6. The number of carbonyl (C=O) groups is 1. The van der Waals surface area contributed by atoms with Gasteiger partial charge in [0.25, 0.3) is 5.56 Å². The fourth-order valence-corrected chi connectivity index (χ4v) is 4.08. The molecule has 1 aromatic heterocycles. The molecule has 0 bridgehead atoms. The predicted octanol–water partition coefficient (Wildman–Crippen LogP) is 1.60. The number of para-hydroxylation sites is 1. The number of hydrogen-bond acceptors (Lipinski definition) is 5. The first-order valence-electron chi connectivity index (χ1n) is 8.71. The Morgan fingerprint density at radius 2 is 2.07 bits per heavy atom. The Balaban J connectivity index is 2.22. The zero-order valence-corrected chi connectivity index (χ0v) is 15.5. The van der Waals surface area contributed by atoms with Crippen LogP contribution in [0.3, 0.4) is 0 Å². The van der Waals surface area contributed by atoms with Crippen LogP contribution in [0.2, 0.25) is 0 Å². The molecule has 3 heterocycles. The van der Waals surface area contributed by atoms with Crippen LogP contribution in [-0.4, -0.2) is 17.0 Å². The molecule has 1 spiro atoms. The van der Waals surface area contributed by atoms with E-state index in [1.165, 1.54) is 9.47 Å². The fraction of sp³-hybridized carbons (Fsp3) is 0.190. The van der Waals surface area contributed by atoms with Crippen LogP contribution in [0, 0.1) is 18.3 Å². The lowest BCUT2D eigenvalue weighted by Gasteiger charge is -2.34. The summed E-state index contributed by atoms with van der Waals surface area (Å²) in [6, 6.07) is 10.8. The molecule has 0 fully saturated rings. The standard InChI is InChI=1S/C21H18N4O3/c1-4-9-25-15-8-6-5-7-13(15)21(20(25)27)14(11-22)18(23)28-16-10-12(2)24(3)19(26)17(16)21/h4-8,10H,1,9,23H2,2-3H3/t21-/m1/s1. The molecule has 7 heteroatoms. The Morgan fingerprint density at radius 1 is 1.36 bits per heavy atom. The molecule has 2 aliphatic heterocycles. The molecule has 28 heavy (non-hydrogen) atoms. The van der Waals surface area contributed by atoms with Gasteiger partial charge in [-0.1, -0.05) is 24.3 Å². The zero-order valence-electron chi connectivity index (χ0n) is 15.5. The number of pyridine rings is 1. The number of anilines is 1. The lowest BCUT2D eigenvalue weighted by molar-refractivity contribution is -0.120. The Hall–Kier alpha value is -3.79. The second kappa shape index (κ2) is 5.86. The van der Waals surface area contributed by atoms with Gasteiger partial charge in [-0.15, -0.1) is 6.58 Å². The summed E-state index contributed by atoms with van der Waals surface area (Å²) < 4.78 is 7.06. The first-order valence-corrected chi connectivity index (χ1v) is 8.71. The smallest absolute Gasteiger partial charge is 0.259 e. The fourth-order valence-electron chi connectivity index (χ4n) is 4.08. The van der Waals surface area contributed by atoms with E-state index in [1.54, 1.807) is 50.4 Å². The number of rotatable bonds is 2. The van der Waals surface area contributed by atoms with Gasteiger partial charge in [0.15, 0.2) is 5.41 Å². The average molecular weight is 374 g/mol. The van der Waals surface area contributed by atoms with Gasteiger partial charge in [0.2, 0.25) is 11.8 Å². The molecule has 1 amide bonds. The van der Waals surface area contributed by atoms with Crippen molar-refractivity contribution < 1.29 is 9.53 Å². The Bertz CT molecular complexity index is 1190. The highest BCUT2D eigenvalue weighted by Gasteiger charge is 2.60. The van der Waals surface area contributed by atoms with E-state index in [1.807, 2.05) is 6.07 Å². The van der Waals surface area contributed by atoms with E-state index < -0.39 is 16.9 Å². The van der Waals surface area contributed by atoms with Crippen LogP contribution < -0.4 is 20.9 Å². The third-order valence-corrected chi connectivity index (χ3v) is 5.44. The van der Waals surface area contributed by atoms with E-state index in [0.29, 0.717) is 16.9 Å². The third-order valence-electron chi connectivity index (χ3n) is 5.44. The van der Waals surface area contributed by atoms with E-state index in [0.717, 1.165) is 0 Å². The summed E-state index contributed by atoms with van der Waals surface area (Å²) in [5, 5.41) is 9.92. The molecule has 4 rings (SSSR count). The number of amides is 1. The maximum atomic E-state index is 13.8. The molecular formula is C21H18N4O3. The second-order valence-corrected chi connectivity index (χ2v) is 6.81. The number of aryl methyl sites for hydroxylation is 1. The van der Waals surface area contributed by atoms with Crippen LogP contribution >= 0.6 is 0 Å². The maximum absolute atomic E-state index is 13.8. The highest BCUT2D eigenvalue weighted by Crippen LogP contribution is 2.53. The normalized spacial score (nSPS) is 19.9. The van der Waals surface area contributed by atoms with Crippen molar-refractivity contribution >= 4 is 11.6 Å². The molecular weight excluding hydrogens is 356 g/mol. The highest BCUT2D eigenvalue weighted by atomic mass is 16.5. The Labute approximate surface area is 161 Å². The van der Waals surface area contributed by atoms with Gasteiger partial charge in [-0.05, 0) is 13.0 Å². The summed E-state index contributed by atoms with van der Waals surface area (Å²) in [5.41, 5.74) is 5.85. The number of nitrogens with two attached hydrogens (primary N) is 1. The molecule has 2 aliphatic rings. The molecule has 2 aromatic rings. The largest absolute Gasteiger partial charge is 0.440 e. The topological polar surface area (TPSA) is 101 Å². The van der Waals surface area contributed by atoms with Crippen LogP contribution in [0.15, 0.2) is 59.2 Å². The van der Waals surface area contributed by atoms with Gasteiger partial charge >= 0.3 is 0 Å². The first-order chi connectivity index (χ1) is 13.4. The maximum Gasteiger partial charge on any atom is 0.259 e. The van der Waals surface area contributed by atoms with E-state index in [2.05, 4.69) is 6.58 Å². The van der Waals surface area contributed by atoms with E-state index in [-0.39, 0.29) is 29.3 Å². The molecule has 1 atom stereocenters. The van der Waals surface area contributed by atoms with Gasteiger partial charge in [0.1, 0.15) is 17.4 Å². The lowest BCUT2D eigenvalue weighted by atomic mass is 9.69. The number of benzene rings is 1. The predicted molar refractivity (Wildman–Crippen MR) is 104 cm³/mol. The van der Waals surface area contributed by atoms with Gasteiger partial charge in [-0.3, -0.25) is 9.59 Å². The van der Waals surface area contributed by atoms with Crippen LogP contribution in [0.4, 0.5) is 5.69 Å². The third kappa shape index (κ3) is 1.92. The molecule has 0 unspecified atom stereocenters. The summed E-state index contributed by atoms with van der Waals surface area (Å²) >= 11 is 0. The quantitative estimate of drug-likeness (QED) is 0.805. The lowest BCUT2D eigenvalue weighted by Crippen LogP contribution is -2.49. The van der Waals surface area contributed by atoms with Crippen molar-refractivity contribution in [2.75, 3.05) is 11.4 Å². The minimum absolute atomic E-state index is 0.0787. The highest BCUT2D eigenvalue weighted by molar-refractivity contribution is 6.14. The molecule has 0 radical (unpaired) electrons. The summed E-state index contributed by atoms with van der Waals surface area (Å²) in [6.07, 6.45) is 1.60. The van der Waals surface area contributed by atoms with Crippen LogP contribution in [-0.2, 0) is 17.3 Å². The van der Waals surface area contributed by atoms with Crippen molar-refractivity contribution in [2.24, 2.45) is 12.8 Å². The minimum Gasteiger partial charge on any atom is -0.440 e. The number of ether oxygens (including phenoxy) is 1. The number of carbonyl (C=O) groups excluding carboxylic acids is 1. The Kier molecular flexibility index (Phi) is 3.69. The molecule has 0 aliphatic carbocycles. The second-order valence-electron chi connectivity index (χ2n) is 6.81.